The molecule has 0 unspecified atom stereocenters. The number of hydrogen-bond acceptors (Lipinski definition) is 5. The van der Waals surface area contributed by atoms with E-state index in [9.17, 15) is 22.0 Å². The van der Waals surface area contributed by atoms with E-state index in [4.69, 9.17) is 15.8 Å². The SMILES string of the molecule is N#CC(C#N)=CNc1cccc(SC(F)(F)C(F)(F)F)c1C#N. The van der Waals surface area contributed by atoms with E-state index < -0.39 is 33.7 Å². The van der Waals surface area contributed by atoms with Crippen LogP contribution in [0.15, 0.2) is 34.9 Å². The highest BCUT2D eigenvalue weighted by Gasteiger charge is 2.58. The molecule has 10 heteroatoms. The zero-order chi connectivity index (χ0) is 17.7. The van der Waals surface area contributed by atoms with Gasteiger partial charge in [-0.25, -0.2) is 0 Å². The Hall–Kier alpha value is -2.77. The van der Waals surface area contributed by atoms with E-state index in [0.717, 1.165) is 18.3 Å². The summed E-state index contributed by atoms with van der Waals surface area (Å²) in [6.45, 7) is 0. The lowest BCUT2D eigenvalue weighted by Crippen LogP contribution is -2.32. The zero-order valence-electron chi connectivity index (χ0n) is 10.9. The van der Waals surface area contributed by atoms with Gasteiger partial charge in [0.2, 0.25) is 0 Å². The maximum absolute atomic E-state index is 13.1. The number of hydrogen-bond donors (Lipinski definition) is 1. The largest absolute Gasteiger partial charge is 0.464 e. The molecule has 0 heterocycles. The number of anilines is 1. The highest BCUT2D eigenvalue weighted by Crippen LogP contribution is 2.48. The Morgan fingerprint density at radius 1 is 1.09 bits per heavy atom. The van der Waals surface area contributed by atoms with Crippen molar-refractivity contribution in [3.63, 3.8) is 0 Å². The fraction of sp³-hybridized carbons (Fsp3) is 0.154. The van der Waals surface area contributed by atoms with Gasteiger partial charge in [-0.1, -0.05) is 6.07 Å². The van der Waals surface area contributed by atoms with Crippen LogP contribution in [-0.4, -0.2) is 11.4 Å². The molecule has 1 rings (SSSR count). The predicted octanol–water partition coefficient (Wildman–Crippen LogP) is 4.15. The van der Waals surface area contributed by atoms with Gasteiger partial charge in [-0.05, 0) is 23.9 Å². The number of nitrogens with zero attached hydrogens (tertiary/aromatic N) is 3. The fourth-order valence-electron chi connectivity index (χ4n) is 1.29. The number of rotatable bonds is 4. The minimum atomic E-state index is -5.78. The van der Waals surface area contributed by atoms with Crippen molar-refractivity contribution >= 4 is 17.4 Å². The topological polar surface area (TPSA) is 83.4 Å². The number of allylic oxidation sites excluding steroid dienone is 1. The third-order valence-corrected chi connectivity index (χ3v) is 3.37. The molecule has 23 heavy (non-hydrogen) atoms. The lowest BCUT2D eigenvalue weighted by atomic mass is 10.2. The second-order valence-corrected chi connectivity index (χ2v) is 4.99. The Bertz CT molecular complexity index is 734. The molecule has 0 atom stereocenters. The summed E-state index contributed by atoms with van der Waals surface area (Å²) >= 11 is -0.808. The van der Waals surface area contributed by atoms with Gasteiger partial charge in [0, 0.05) is 11.1 Å². The average Bonchev–Trinajstić information content (AvgIpc) is 2.47. The van der Waals surface area contributed by atoms with Crippen LogP contribution in [0.2, 0.25) is 0 Å². The predicted molar refractivity (Wildman–Crippen MR) is 70.9 cm³/mol. The van der Waals surface area contributed by atoms with Gasteiger partial charge in [0.05, 0.1) is 11.3 Å². The van der Waals surface area contributed by atoms with Crippen molar-refractivity contribution in [3.05, 3.63) is 35.5 Å². The second kappa shape index (κ2) is 6.99. The van der Waals surface area contributed by atoms with Crippen molar-refractivity contribution in [2.24, 2.45) is 0 Å². The monoisotopic (exact) mass is 344 g/mol. The highest BCUT2D eigenvalue weighted by atomic mass is 32.2. The standard InChI is InChI=1S/C13H5F5N4S/c14-12(15,16)13(17,18)23-11-3-1-2-10(9(11)6-21)22-7-8(4-19)5-20/h1-3,7,22H. The summed E-state index contributed by atoms with van der Waals surface area (Å²) in [7, 11) is 0. The molecule has 0 fully saturated rings. The van der Waals surface area contributed by atoms with Crippen LogP contribution in [0.1, 0.15) is 5.56 Å². The molecule has 0 aromatic heterocycles. The minimum Gasteiger partial charge on any atom is -0.359 e. The molecule has 0 saturated carbocycles. The Labute approximate surface area is 131 Å². The van der Waals surface area contributed by atoms with Crippen LogP contribution < -0.4 is 5.32 Å². The van der Waals surface area contributed by atoms with E-state index >= 15 is 0 Å². The van der Waals surface area contributed by atoms with Gasteiger partial charge in [0.15, 0.2) is 0 Å². The van der Waals surface area contributed by atoms with Gasteiger partial charge in [0.1, 0.15) is 23.8 Å². The smallest absolute Gasteiger partial charge is 0.359 e. The Morgan fingerprint density at radius 3 is 2.17 bits per heavy atom. The highest BCUT2D eigenvalue weighted by molar-refractivity contribution is 8.00. The molecule has 4 nitrogen and oxygen atoms in total. The van der Waals surface area contributed by atoms with Crippen LogP contribution >= 0.6 is 11.8 Å². The molecule has 1 aromatic rings. The van der Waals surface area contributed by atoms with Gasteiger partial charge in [-0.15, -0.1) is 0 Å². The molecule has 0 amide bonds. The van der Waals surface area contributed by atoms with E-state index in [2.05, 4.69) is 5.32 Å². The van der Waals surface area contributed by atoms with E-state index in [1.165, 1.54) is 24.3 Å². The van der Waals surface area contributed by atoms with Crippen LogP contribution in [0.4, 0.5) is 27.6 Å². The molecule has 0 radical (unpaired) electrons. The molecular formula is C13H5F5N4S. The number of nitriles is 3. The van der Waals surface area contributed by atoms with Gasteiger partial charge in [-0.3, -0.25) is 0 Å². The molecule has 0 aliphatic carbocycles. The number of thioether (sulfide) groups is 1. The van der Waals surface area contributed by atoms with Crippen molar-refractivity contribution in [2.75, 3.05) is 5.32 Å². The van der Waals surface area contributed by atoms with Crippen molar-refractivity contribution in [3.8, 4) is 18.2 Å². The molecule has 0 spiro atoms. The average molecular weight is 344 g/mol. The van der Waals surface area contributed by atoms with E-state index in [1.54, 1.807) is 0 Å². The van der Waals surface area contributed by atoms with Crippen LogP contribution in [-0.2, 0) is 0 Å². The van der Waals surface area contributed by atoms with Crippen molar-refractivity contribution < 1.29 is 22.0 Å². The molecule has 1 aromatic carbocycles. The summed E-state index contributed by atoms with van der Waals surface area (Å²) in [5, 5.41) is 23.4. The Morgan fingerprint density at radius 2 is 1.70 bits per heavy atom. The lowest BCUT2D eigenvalue weighted by Gasteiger charge is -2.19. The third kappa shape index (κ3) is 4.35. The first-order valence-electron chi connectivity index (χ1n) is 5.60. The summed E-state index contributed by atoms with van der Waals surface area (Å²) < 4.78 is 62.9. The Balaban J connectivity index is 3.22. The first kappa shape index (κ1) is 18.3. The molecule has 118 valence electrons. The van der Waals surface area contributed by atoms with Crippen molar-refractivity contribution in [2.45, 2.75) is 16.3 Å². The zero-order valence-corrected chi connectivity index (χ0v) is 11.8. The van der Waals surface area contributed by atoms with Crippen molar-refractivity contribution in [1.82, 2.24) is 0 Å². The lowest BCUT2D eigenvalue weighted by molar-refractivity contribution is -0.237. The number of alkyl halides is 5. The summed E-state index contributed by atoms with van der Waals surface area (Å²) in [4.78, 5) is -0.594. The Kier molecular flexibility index (Phi) is 5.56. The van der Waals surface area contributed by atoms with Gasteiger partial charge in [0.25, 0.3) is 0 Å². The molecule has 0 saturated heterocycles. The summed E-state index contributed by atoms with van der Waals surface area (Å²) in [5.74, 6) is 0. The molecule has 0 aliphatic rings. The van der Waals surface area contributed by atoms with Crippen LogP contribution in [0, 0.1) is 34.0 Å². The minimum absolute atomic E-state index is 0.113. The van der Waals surface area contributed by atoms with E-state index in [1.807, 2.05) is 0 Å². The number of nitrogens with one attached hydrogen (secondary N) is 1. The van der Waals surface area contributed by atoms with Gasteiger partial charge in [-0.2, -0.15) is 37.7 Å². The van der Waals surface area contributed by atoms with Crippen molar-refractivity contribution in [1.29, 1.82) is 15.8 Å². The fourth-order valence-corrected chi connectivity index (χ4v) is 2.08. The summed E-state index contributed by atoms with van der Waals surface area (Å²) in [6.07, 6.45) is -4.87. The van der Waals surface area contributed by atoms with E-state index in [0.29, 0.717) is 0 Å². The second-order valence-electron chi connectivity index (χ2n) is 3.83. The van der Waals surface area contributed by atoms with Crippen LogP contribution in [0.25, 0.3) is 0 Å². The quantitative estimate of drug-likeness (QED) is 0.504. The normalized spacial score (nSPS) is 10.9. The third-order valence-electron chi connectivity index (χ3n) is 2.32. The number of halogens is 5. The van der Waals surface area contributed by atoms with Crippen LogP contribution in [0.3, 0.4) is 0 Å². The molecular weight excluding hydrogens is 339 g/mol. The number of benzene rings is 1. The molecule has 0 bridgehead atoms. The van der Waals surface area contributed by atoms with E-state index in [-0.39, 0.29) is 11.3 Å². The molecule has 1 N–H and O–H groups in total. The maximum Gasteiger partial charge on any atom is 0.464 e. The van der Waals surface area contributed by atoms with Gasteiger partial charge < -0.3 is 5.32 Å². The summed E-state index contributed by atoms with van der Waals surface area (Å²) in [6, 6.07) is 7.87. The molecule has 0 aliphatic heterocycles. The first-order chi connectivity index (χ1) is 10.7. The van der Waals surface area contributed by atoms with Gasteiger partial charge >= 0.3 is 11.4 Å². The first-order valence-corrected chi connectivity index (χ1v) is 6.41. The van der Waals surface area contributed by atoms with Crippen LogP contribution in [0.5, 0.6) is 0 Å². The summed E-state index contributed by atoms with van der Waals surface area (Å²) in [5.41, 5.74) is -0.945. The maximum atomic E-state index is 13.1.